The van der Waals surface area contributed by atoms with Gasteiger partial charge in [-0.15, -0.1) is 0 Å². The molecule has 0 aliphatic carbocycles. The second-order valence-electron chi connectivity index (χ2n) is 0.350. The molecule has 0 aromatic carbocycles. The van der Waals surface area contributed by atoms with Crippen molar-refractivity contribution in [1.82, 2.24) is 0 Å². The minimum absolute atomic E-state index is 0. The largest absolute Gasteiger partial charge is 1.00 e. The molecule has 0 amide bonds. The van der Waals surface area contributed by atoms with Gasteiger partial charge in [0.25, 0.3) is 0 Å². The number of rotatable bonds is 0. The summed E-state index contributed by atoms with van der Waals surface area (Å²) in [6.45, 7) is 0. The van der Waals surface area contributed by atoms with E-state index >= 15 is 0 Å². The van der Waals surface area contributed by atoms with Gasteiger partial charge in [-0.2, -0.15) is 0 Å². The Morgan fingerprint density at radius 3 is 1.38 bits per heavy atom. The van der Waals surface area contributed by atoms with Crippen LogP contribution >= 0.6 is 17.3 Å². The van der Waals surface area contributed by atoms with Gasteiger partial charge in [0.1, 0.15) is 0 Å². The summed E-state index contributed by atoms with van der Waals surface area (Å²) in [5.74, 6) is 0. The molecule has 0 rings (SSSR count). The molecule has 8 heavy (non-hydrogen) atoms. The van der Waals surface area contributed by atoms with E-state index in [1.54, 1.807) is 0 Å². The molecule has 0 aromatic heterocycles. The van der Waals surface area contributed by atoms with Crippen LogP contribution in [0.25, 0.3) is 0 Å². The van der Waals surface area contributed by atoms with Crippen molar-refractivity contribution in [3.8, 4) is 0 Å². The maximum Gasteiger partial charge on any atom is 1.00 e. The topological polar surface area (TPSA) is 98.0 Å². The zero-order valence-electron chi connectivity index (χ0n) is 5.09. The van der Waals surface area contributed by atoms with E-state index in [0.717, 1.165) is 0 Å². The molecule has 5 nitrogen and oxygen atoms in total. The Balaban J connectivity index is -0.0000000233. The van der Waals surface area contributed by atoms with Gasteiger partial charge >= 0.3 is 46.8 Å². The van der Waals surface area contributed by atoms with Crippen LogP contribution in [0.15, 0.2) is 0 Å². The predicted molar refractivity (Wildman–Crippen MR) is 24.5 cm³/mol. The Bertz CT molecular complexity index is 39.2. The molecule has 0 heterocycles. The third-order valence-electron chi connectivity index (χ3n) is 0. The smallest absolute Gasteiger partial charge is 1.00 e. The summed E-state index contributed by atoms with van der Waals surface area (Å²) in [6.07, 6.45) is 0. The van der Waals surface area contributed by atoms with Crippen LogP contribution in [0.4, 0.5) is 0 Å². The molecule has 4 N–H and O–H groups in total. The van der Waals surface area contributed by atoms with E-state index in [-0.39, 0.29) is 31.0 Å². The van der Waals surface area contributed by atoms with Gasteiger partial charge in [0.05, 0.1) is 0 Å². The Labute approximate surface area is 72.4 Å². The number of hydrogen-bond acceptors (Lipinski definition) is 4. The first kappa shape index (κ1) is 16.2. The average molecular weight is 170 g/mol. The average Bonchev–Trinajstić information content (AvgIpc) is 1.33. The van der Waals surface area contributed by atoms with Crippen molar-refractivity contribution < 1.29 is 55.1 Å². The molecule has 0 spiro atoms. The van der Waals surface area contributed by atoms with E-state index in [2.05, 4.69) is 0 Å². The van der Waals surface area contributed by atoms with Gasteiger partial charge in [0.2, 0.25) is 0 Å². The van der Waals surface area contributed by atoms with Crippen LogP contribution in [0.1, 0.15) is 1.43 Å². The fourth-order valence-corrected chi connectivity index (χ4v) is 0. The second kappa shape index (κ2) is 15.8. The van der Waals surface area contributed by atoms with Gasteiger partial charge < -0.3 is 21.0 Å². The van der Waals surface area contributed by atoms with Crippen LogP contribution in [0.2, 0.25) is 0 Å². The van der Waals surface area contributed by atoms with Crippen molar-refractivity contribution in [3.63, 3.8) is 0 Å². The van der Waals surface area contributed by atoms with Crippen LogP contribution in [0.3, 0.4) is 0 Å². The van der Waals surface area contributed by atoms with Crippen molar-refractivity contribution in [2.75, 3.05) is 0 Å². The van der Waals surface area contributed by atoms with Crippen LogP contribution < -0.4 is 29.6 Å². The van der Waals surface area contributed by atoms with Crippen molar-refractivity contribution in [3.05, 3.63) is 0 Å². The molecule has 0 saturated heterocycles. The van der Waals surface area contributed by atoms with Crippen LogP contribution in [-0.4, -0.2) is 19.6 Å². The fourth-order valence-electron chi connectivity index (χ4n) is 0. The summed E-state index contributed by atoms with van der Waals surface area (Å²) >= 11 is 0. The van der Waals surface area contributed by atoms with Gasteiger partial charge in [-0.05, 0) is 0 Å². The molecule has 0 bridgehead atoms. The van der Waals surface area contributed by atoms with Gasteiger partial charge in [-0.1, -0.05) is 0 Å². The zero-order valence-corrected chi connectivity index (χ0v) is 7.88. The Hall–Kier alpha value is 1.37. The molecule has 0 aromatic rings. The molecule has 0 unspecified atom stereocenters. The minimum Gasteiger partial charge on any atom is -1.00 e. The molecular weight excluding hydrogens is 165 g/mol. The Morgan fingerprint density at radius 2 is 1.38 bits per heavy atom. The maximum atomic E-state index is 8.46. The molecule has 0 radical (unpaired) electrons. The molecular formula is H5NaO5P2. The first-order valence-corrected chi connectivity index (χ1v) is 2.95. The molecule has 0 atom stereocenters. The quantitative estimate of drug-likeness (QED) is 0.223. The second-order valence-corrected chi connectivity index (χ2v) is 1.05. The molecule has 0 aliphatic rings. The van der Waals surface area contributed by atoms with E-state index in [1.807, 2.05) is 0 Å². The van der Waals surface area contributed by atoms with Gasteiger partial charge in [-0.25, -0.2) is 4.57 Å². The third-order valence-corrected chi connectivity index (χ3v) is 0. The molecule has 46 valence electrons. The van der Waals surface area contributed by atoms with Crippen molar-refractivity contribution in [2.24, 2.45) is 0 Å². The number of hydrogen-bond donors (Lipinski definition) is 4. The summed E-state index contributed by atoms with van der Waals surface area (Å²) in [6, 6.07) is 0. The molecule has 8 heteroatoms. The monoisotopic (exact) mass is 170 g/mol. The predicted octanol–water partition coefficient (Wildman–Crippen LogP) is -3.51. The standard InChI is InChI=1S/Na.H3O3P.HO2P.H/c;1-4(2)3;1-3-2;/h;1-3H;(H,1,2);/q+1;;;-1. The van der Waals surface area contributed by atoms with E-state index in [4.69, 9.17) is 24.1 Å². The molecule has 0 fully saturated rings. The van der Waals surface area contributed by atoms with Crippen molar-refractivity contribution in [1.29, 1.82) is 0 Å². The van der Waals surface area contributed by atoms with Gasteiger partial charge in [0, 0.05) is 0 Å². The first-order valence-electron chi connectivity index (χ1n) is 0.983. The summed E-state index contributed by atoms with van der Waals surface area (Å²) < 4.78 is 8.46. The van der Waals surface area contributed by atoms with Crippen LogP contribution in [0, 0.1) is 0 Å². The van der Waals surface area contributed by atoms with Gasteiger partial charge in [0.15, 0.2) is 0 Å². The van der Waals surface area contributed by atoms with E-state index < -0.39 is 17.3 Å². The minimum atomic E-state index is -2.62. The Morgan fingerprint density at radius 1 is 1.38 bits per heavy atom. The summed E-state index contributed by atoms with van der Waals surface area (Å²) in [5.41, 5.74) is 0. The third kappa shape index (κ3) is 159. The summed E-state index contributed by atoms with van der Waals surface area (Å²) in [7, 11) is -3.45. The normalized spacial score (nSPS) is 7.12. The SMILES string of the molecule is O=PO.OP(O)O.[H-].[Na+]. The molecule has 0 saturated carbocycles. The van der Waals surface area contributed by atoms with E-state index in [1.165, 1.54) is 0 Å². The summed E-state index contributed by atoms with van der Waals surface area (Å²) in [5, 5.41) is 0. The van der Waals surface area contributed by atoms with Crippen LogP contribution in [0.5, 0.6) is 0 Å². The first-order chi connectivity index (χ1) is 3.15. The summed E-state index contributed by atoms with van der Waals surface area (Å²) in [4.78, 5) is 28.7. The van der Waals surface area contributed by atoms with E-state index in [0.29, 0.717) is 0 Å². The van der Waals surface area contributed by atoms with Crippen molar-refractivity contribution in [2.45, 2.75) is 0 Å². The molecule has 0 aliphatic heterocycles. The Kier molecular flexibility index (Phi) is 31.9. The maximum absolute atomic E-state index is 8.46. The zero-order chi connectivity index (χ0) is 6.28. The van der Waals surface area contributed by atoms with E-state index in [9.17, 15) is 0 Å². The van der Waals surface area contributed by atoms with Gasteiger partial charge in [-0.3, -0.25) is 0 Å². The van der Waals surface area contributed by atoms with Crippen molar-refractivity contribution >= 4 is 17.3 Å². The van der Waals surface area contributed by atoms with Crippen LogP contribution in [-0.2, 0) is 4.57 Å². The fraction of sp³-hybridized carbons (Fsp3) is 0.